The van der Waals surface area contributed by atoms with Crippen LogP contribution in [0.25, 0.3) is 11.3 Å². The van der Waals surface area contributed by atoms with Gasteiger partial charge in [-0.3, -0.25) is 0 Å². The van der Waals surface area contributed by atoms with Crippen molar-refractivity contribution in [2.24, 2.45) is 0 Å². The van der Waals surface area contributed by atoms with Crippen molar-refractivity contribution in [1.82, 2.24) is 4.98 Å². The summed E-state index contributed by atoms with van der Waals surface area (Å²) in [5.41, 5.74) is 3.46. The molecule has 0 fully saturated rings. The second kappa shape index (κ2) is 6.35. The highest BCUT2D eigenvalue weighted by Crippen LogP contribution is 2.23. The van der Waals surface area contributed by atoms with Gasteiger partial charge in [0, 0.05) is 18.3 Å². The summed E-state index contributed by atoms with van der Waals surface area (Å²) in [6, 6.07) is 10.7. The third kappa shape index (κ3) is 3.57. The van der Waals surface area contributed by atoms with E-state index >= 15 is 0 Å². The van der Waals surface area contributed by atoms with Gasteiger partial charge in [-0.1, -0.05) is 18.7 Å². The Balaban J connectivity index is 2.42. The lowest BCUT2D eigenvalue weighted by atomic mass is 10.1. The van der Waals surface area contributed by atoms with E-state index in [0.29, 0.717) is 0 Å². The van der Waals surface area contributed by atoms with Crippen LogP contribution in [0.5, 0.6) is 0 Å². The Labute approximate surface area is 125 Å². The van der Waals surface area contributed by atoms with E-state index in [4.69, 9.17) is 0 Å². The van der Waals surface area contributed by atoms with E-state index in [0.717, 1.165) is 28.3 Å². The molecule has 108 valence electrons. The number of allylic oxidation sites excluding steroid dienone is 3. The summed E-state index contributed by atoms with van der Waals surface area (Å²) < 4.78 is 13.5. The molecule has 0 saturated heterocycles. The fourth-order valence-corrected chi connectivity index (χ4v) is 2.12. The summed E-state index contributed by atoms with van der Waals surface area (Å²) in [7, 11) is 1.94. The monoisotopic (exact) mass is 282 g/mol. The van der Waals surface area contributed by atoms with E-state index in [1.165, 1.54) is 12.1 Å². The summed E-state index contributed by atoms with van der Waals surface area (Å²) in [5, 5.41) is 0. The number of pyridine rings is 1. The van der Waals surface area contributed by atoms with Gasteiger partial charge in [-0.25, -0.2) is 9.37 Å². The highest BCUT2D eigenvalue weighted by atomic mass is 19.1. The van der Waals surface area contributed by atoms with Crippen LogP contribution < -0.4 is 4.90 Å². The first kappa shape index (κ1) is 15.0. The highest BCUT2D eigenvalue weighted by Gasteiger charge is 2.07. The lowest BCUT2D eigenvalue weighted by Gasteiger charge is -2.19. The van der Waals surface area contributed by atoms with Gasteiger partial charge in [-0.05, 0) is 55.8 Å². The van der Waals surface area contributed by atoms with Crippen LogP contribution in [0, 0.1) is 12.7 Å². The second-order valence-electron chi connectivity index (χ2n) is 5.00. The molecule has 0 radical (unpaired) electrons. The van der Waals surface area contributed by atoms with Crippen LogP contribution in [0.2, 0.25) is 0 Å². The molecule has 0 aliphatic carbocycles. The van der Waals surface area contributed by atoms with Gasteiger partial charge in [0.1, 0.15) is 11.6 Å². The third-order valence-electron chi connectivity index (χ3n) is 3.30. The molecule has 0 N–H and O–H groups in total. The number of benzene rings is 1. The molecule has 0 aliphatic heterocycles. The van der Waals surface area contributed by atoms with Crippen molar-refractivity contribution >= 4 is 5.82 Å². The van der Waals surface area contributed by atoms with Gasteiger partial charge >= 0.3 is 0 Å². The van der Waals surface area contributed by atoms with Gasteiger partial charge in [0.15, 0.2) is 0 Å². The minimum Gasteiger partial charge on any atom is -0.333 e. The van der Waals surface area contributed by atoms with Gasteiger partial charge in [-0.2, -0.15) is 0 Å². The Bertz CT molecular complexity index is 669. The minimum absolute atomic E-state index is 0.242. The van der Waals surface area contributed by atoms with Crippen molar-refractivity contribution in [3.63, 3.8) is 0 Å². The molecule has 0 spiro atoms. The van der Waals surface area contributed by atoms with Gasteiger partial charge in [0.25, 0.3) is 0 Å². The quantitative estimate of drug-likeness (QED) is 0.754. The molecule has 0 saturated carbocycles. The Hall–Kier alpha value is -2.42. The summed E-state index contributed by atoms with van der Waals surface area (Å²) in [4.78, 5) is 6.58. The Morgan fingerprint density at radius 1 is 1.29 bits per heavy atom. The van der Waals surface area contributed by atoms with E-state index in [1.807, 2.05) is 56.1 Å². The van der Waals surface area contributed by atoms with Crippen LogP contribution in [0.1, 0.15) is 12.5 Å². The number of hydrogen-bond donors (Lipinski definition) is 0. The van der Waals surface area contributed by atoms with E-state index in [9.17, 15) is 4.39 Å². The zero-order valence-electron chi connectivity index (χ0n) is 12.6. The molecule has 2 rings (SSSR count). The number of halogens is 1. The summed E-state index contributed by atoms with van der Waals surface area (Å²) >= 11 is 0. The minimum atomic E-state index is -0.242. The Kier molecular flexibility index (Phi) is 4.53. The number of aromatic nitrogens is 1. The van der Waals surface area contributed by atoms with Crippen LogP contribution in [-0.4, -0.2) is 12.0 Å². The summed E-state index contributed by atoms with van der Waals surface area (Å²) in [6.45, 7) is 7.56. The number of anilines is 1. The highest BCUT2D eigenvalue weighted by molar-refractivity contribution is 5.63. The van der Waals surface area contributed by atoms with Crippen molar-refractivity contribution in [1.29, 1.82) is 0 Å². The second-order valence-corrected chi connectivity index (χ2v) is 5.00. The maximum absolute atomic E-state index is 13.5. The van der Waals surface area contributed by atoms with Crippen LogP contribution in [0.4, 0.5) is 10.2 Å². The first-order chi connectivity index (χ1) is 10.0. The molecule has 0 unspecified atom stereocenters. The lowest BCUT2D eigenvalue weighted by molar-refractivity contribution is 0.627. The molecular weight excluding hydrogens is 263 g/mol. The average molecular weight is 282 g/mol. The van der Waals surface area contributed by atoms with Crippen molar-refractivity contribution < 1.29 is 4.39 Å². The summed E-state index contributed by atoms with van der Waals surface area (Å²) in [5.74, 6) is 0.568. The molecule has 0 bridgehead atoms. The van der Waals surface area contributed by atoms with E-state index in [-0.39, 0.29) is 5.82 Å². The van der Waals surface area contributed by atoms with Crippen LogP contribution >= 0.6 is 0 Å². The summed E-state index contributed by atoms with van der Waals surface area (Å²) in [6.07, 6.45) is 3.66. The van der Waals surface area contributed by atoms with E-state index < -0.39 is 0 Å². The van der Waals surface area contributed by atoms with Gasteiger partial charge in [-0.15, -0.1) is 0 Å². The van der Waals surface area contributed by atoms with Crippen LogP contribution in [0.15, 0.2) is 60.8 Å². The molecule has 2 aromatic rings. The third-order valence-corrected chi connectivity index (χ3v) is 3.30. The molecule has 1 aromatic heterocycles. The first-order valence-electron chi connectivity index (χ1n) is 6.79. The average Bonchev–Trinajstić information content (AvgIpc) is 2.46. The molecule has 0 atom stereocenters. The maximum atomic E-state index is 13.5. The largest absolute Gasteiger partial charge is 0.333 e. The Morgan fingerprint density at radius 3 is 2.71 bits per heavy atom. The zero-order valence-corrected chi connectivity index (χ0v) is 12.6. The molecular formula is C18H19FN2. The molecule has 1 heterocycles. The Morgan fingerprint density at radius 2 is 2.05 bits per heavy atom. The van der Waals surface area contributed by atoms with Gasteiger partial charge in [0.05, 0.1) is 5.69 Å². The maximum Gasteiger partial charge on any atom is 0.133 e. The van der Waals surface area contributed by atoms with E-state index in [1.54, 1.807) is 6.08 Å². The fraction of sp³-hybridized carbons (Fsp3) is 0.167. The SMILES string of the molecule is C=C/C=C(\C)N(C)c1cccc(-c2cc(C)cc(F)c2)n1. The van der Waals surface area contributed by atoms with Gasteiger partial charge < -0.3 is 4.90 Å². The van der Waals surface area contributed by atoms with Crippen LogP contribution in [0.3, 0.4) is 0 Å². The van der Waals surface area contributed by atoms with Crippen molar-refractivity contribution in [3.8, 4) is 11.3 Å². The molecule has 3 heteroatoms. The standard InChI is InChI=1S/C18H19FN2/c1-5-7-14(3)21(4)18-9-6-8-17(20-18)15-10-13(2)11-16(19)12-15/h5-12H,1H2,2-4H3/b14-7+. The number of rotatable bonds is 4. The van der Waals surface area contributed by atoms with Gasteiger partial charge in [0.2, 0.25) is 0 Å². The molecule has 0 amide bonds. The van der Waals surface area contributed by atoms with Crippen molar-refractivity contribution in [2.45, 2.75) is 13.8 Å². The van der Waals surface area contributed by atoms with E-state index in [2.05, 4.69) is 11.6 Å². The first-order valence-corrected chi connectivity index (χ1v) is 6.79. The lowest BCUT2D eigenvalue weighted by Crippen LogP contribution is -2.15. The topological polar surface area (TPSA) is 16.1 Å². The van der Waals surface area contributed by atoms with Crippen LogP contribution in [-0.2, 0) is 0 Å². The van der Waals surface area contributed by atoms with Crippen molar-refractivity contribution in [3.05, 3.63) is 72.2 Å². The number of nitrogens with zero attached hydrogens (tertiary/aromatic N) is 2. The predicted molar refractivity (Wildman–Crippen MR) is 86.7 cm³/mol. The number of aryl methyl sites for hydroxylation is 1. The molecule has 1 aromatic carbocycles. The molecule has 2 nitrogen and oxygen atoms in total. The zero-order chi connectivity index (χ0) is 15.4. The fourth-order valence-electron chi connectivity index (χ4n) is 2.12. The normalized spacial score (nSPS) is 11.3. The molecule has 0 aliphatic rings. The molecule has 21 heavy (non-hydrogen) atoms. The van der Waals surface area contributed by atoms with Crippen molar-refractivity contribution in [2.75, 3.05) is 11.9 Å². The smallest absolute Gasteiger partial charge is 0.133 e. The predicted octanol–water partition coefficient (Wildman–Crippen LogP) is 4.72. The number of hydrogen-bond acceptors (Lipinski definition) is 2.